The molecule has 63 heavy (non-hydrogen) atoms. The van der Waals surface area contributed by atoms with Gasteiger partial charge < -0.3 is 38.1 Å². The minimum Gasteiger partial charge on any atom is -0.456 e. The molecule has 1 saturated carbocycles. The summed E-state index contributed by atoms with van der Waals surface area (Å²) in [6.07, 6.45) is 6.57. The SMILES string of the molecule is CC[C@@H]1C=C(C)C[C@H](C)C[C@H](OC)[C@H]2O[C@@](O)(C(=O)C(=O)N3CCCC[C@H]3C(=O)O[C@H](C(C)=CC3CC[C@H](Cl)[C@H](OC)C3)[C@@H](C)[C@@H](O[Si](C)(C)C(C)(C)C)CC1=O)[C@H](C)C[C@@H]2OC. The fraction of sp³-hybridized carbons (Fsp3) is 0.837. The number of carbonyl (C=O) groups is 4. The molecule has 3 heterocycles. The molecular formula is C49H82ClNO11Si. The Balaban J connectivity index is 1.88. The smallest absolute Gasteiger partial charge is 0.329 e. The highest BCUT2D eigenvalue weighted by molar-refractivity contribution is 6.74. The number of cyclic esters (lactones) is 1. The van der Waals surface area contributed by atoms with Crippen molar-refractivity contribution >= 4 is 43.4 Å². The number of methoxy groups -OCH3 is 3. The van der Waals surface area contributed by atoms with Crippen LogP contribution in [-0.2, 0) is 47.3 Å². The van der Waals surface area contributed by atoms with Crippen molar-refractivity contribution in [3.05, 3.63) is 23.3 Å². The van der Waals surface area contributed by atoms with E-state index < -0.39 is 80.2 Å². The van der Waals surface area contributed by atoms with Crippen molar-refractivity contribution in [3.63, 3.8) is 0 Å². The molecule has 4 aliphatic rings. The van der Waals surface area contributed by atoms with Crippen molar-refractivity contribution in [2.45, 2.75) is 205 Å². The first-order valence-electron chi connectivity index (χ1n) is 23.7. The van der Waals surface area contributed by atoms with Crippen LogP contribution in [0.15, 0.2) is 23.3 Å². The maximum Gasteiger partial charge on any atom is 0.329 e. The average Bonchev–Trinajstić information content (AvgIpc) is 3.23. The molecule has 1 aliphatic carbocycles. The number of fused-ring (bicyclic) bond motifs is 3. The van der Waals surface area contributed by atoms with E-state index >= 15 is 0 Å². The quantitative estimate of drug-likeness (QED) is 0.0820. The normalized spacial score (nSPS) is 38.0. The molecule has 0 aromatic carbocycles. The third-order valence-corrected chi connectivity index (χ3v) is 20.1. The largest absolute Gasteiger partial charge is 0.456 e. The predicted octanol–water partition coefficient (Wildman–Crippen LogP) is 8.75. The number of ketones is 2. The van der Waals surface area contributed by atoms with Gasteiger partial charge in [0.15, 0.2) is 8.32 Å². The lowest BCUT2D eigenvalue weighted by Crippen LogP contribution is -2.64. The van der Waals surface area contributed by atoms with Gasteiger partial charge in [-0.1, -0.05) is 66.2 Å². The lowest BCUT2D eigenvalue weighted by molar-refractivity contribution is -0.302. The van der Waals surface area contributed by atoms with E-state index in [0.29, 0.717) is 38.5 Å². The van der Waals surface area contributed by atoms with Gasteiger partial charge in [0.1, 0.15) is 24.0 Å². The van der Waals surface area contributed by atoms with E-state index in [4.69, 9.17) is 39.7 Å². The van der Waals surface area contributed by atoms with Gasteiger partial charge in [0.05, 0.1) is 29.8 Å². The van der Waals surface area contributed by atoms with Crippen LogP contribution in [0, 0.1) is 29.6 Å². The number of hydrogen-bond donors (Lipinski definition) is 1. The van der Waals surface area contributed by atoms with Crippen LogP contribution in [0.25, 0.3) is 0 Å². The van der Waals surface area contributed by atoms with Crippen LogP contribution >= 0.6 is 11.6 Å². The molecule has 14 heteroatoms. The number of nitrogens with zero attached hydrogens (tertiary/aromatic N) is 1. The number of esters is 1. The molecule has 1 amide bonds. The van der Waals surface area contributed by atoms with Crippen LogP contribution in [0.1, 0.15) is 133 Å². The van der Waals surface area contributed by atoms with E-state index in [-0.39, 0.29) is 65.9 Å². The summed E-state index contributed by atoms with van der Waals surface area (Å²) < 4.78 is 37.8. The Hall–Kier alpha value is -1.97. The molecule has 3 fully saturated rings. The van der Waals surface area contributed by atoms with E-state index in [1.165, 1.54) is 4.90 Å². The monoisotopic (exact) mass is 924 g/mol. The van der Waals surface area contributed by atoms with Gasteiger partial charge in [0.2, 0.25) is 5.79 Å². The number of hydrogen-bond acceptors (Lipinski definition) is 11. The molecule has 0 aromatic heterocycles. The number of Topliss-reactive ketones (excluding diaryl/α,β-unsaturated/α-hetero) is 2. The van der Waals surface area contributed by atoms with Gasteiger partial charge >= 0.3 is 5.97 Å². The molecule has 0 aromatic rings. The number of amides is 1. The minimum absolute atomic E-state index is 0.0555. The van der Waals surface area contributed by atoms with E-state index in [0.717, 1.165) is 24.0 Å². The van der Waals surface area contributed by atoms with Crippen molar-refractivity contribution < 1.29 is 52.4 Å². The third-order valence-electron chi connectivity index (χ3n) is 15.1. The highest BCUT2D eigenvalue weighted by atomic mass is 35.5. The van der Waals surface area contributed by atoms with Crippen LogP contribution < -0.4 is 0 Å². The Labute approximate surface area is 385 Å². The fourth-order valence-corrected chi connectivity index (χ4v) is 11.8. The Morgan fingerprint density at radius 2 is 1.57 bits per heavy atom. The third kappa shape index (κ3) is 12.9. The maximum absolute atomic E-state index is 14.8. The summed E-state index contributed by atoms with van der Waals surface area (Å²) >= 11 is 6.64. The predicted molar refractivity (Wildman–Crippen MR) is 248 cm³/mol. The van der Waals surface area contributed by atoms with Crippen LogP contribution in [0.3, 0.4) is 0 Å². The molecule has 4 rings (SSSR count). The van der Waals surface area contributed by atoms with Crippen molar-refractivity contribution in [2.24, 2.45) is 29.6 Å². The summed E-state index contributed by atoms with van der Waals surface area (Å²) in [4.78, 5) is 59.6. The molecule has 1 unspecified atom stereocenters. The number of carbonyl (C=O) groups excluding carboxylic acids is 4. The summed E-state index contributed by atoms with van der Waals surface area (Å²) in [5, 5.41) is 11.9. The number of aliphatic hydroxyl groups is 1. The zero-order valence-corrected chi connectivity index (χ0v) is 42.8. The number of ether oxygens (including phenoxy) is 5. The molecule has 0 spiro atoms. The standard InChI is InChI=1S/C49H82ClNO11Si/c1-15-35-23-29(2)22-30(3)24-41(58-11)44-42(59-12)26-32(5)49(56,61-44)45(53)46(54)51-21-17-16-18-37(51)47(55)60-43(31(4)25-34-19-20-36(50)40(27-34)57-10)33(6)39(28-38(35)52)62-63(13,14)48(7,8)9/h23,25,30,32-37,39-44,56H,15-22,24,26-28H2,1-14H3/t30-,32+,33-,34?,35+,36-,37-,39-,40+,41-,42-,43+,44+,49+/m0/s1. The van der Waals surface area contributed by atoms with Crippen molar-refractivity contribution in [1.82, 2.24) is 4.90 Å². The topological polar surface area (TPSA) is 147 Å². The first kappa shape index (κ1) is 53.6. The van der Waals surface area contributed by atoms with Crippen LogP contribution in [-0.4, -0.2) is 123 Å². The average molecular weight is 925 g/mol. The summed E-state index contributed by atoms with van der Waals surface area (Å²) in [6.45, 7) is 22.7. The Morgan fingerprint density at radius 3 is 2.17 bits per heavy atom. The van der Waals surface area contributed by atoms with Crippen LogP contribution in [0.5, 0.6) is 0 Å². The molecule has 14 atom stereocenters. The second-order valence-corrected chi connectivity index (χ2v) is 26.3. The molecule has 0 radical (unpaired) electrons. The maximum atomic E-state index is 14.8. The second-order valence-electron chi connectivity index (χ2n) is 21.0. The van der Waals surface area contributed by atoms with Crippen molar-refractivity contribution in [1.29, 1.82) is 0 Å². The number of halogens is 1. The molecule has 3 aliphatic heterocycles. The number of piperidine rings is 1. The fourth-order valence-electron chi connectivity index (χ4n) is 10.1. The summed E-state index contributed by atoms with van der Waals surface area (Å²) in [6, 6.07) is -1.09. The summed E-state index contributed by atoms with van der Waals surface area (Å²) in [5.41, 5.74) is 1.87. The molecule has 2 bridgehead atoms. The van der Waals surface area contributed by atoms with Gasteiger partial charge in [-0.05, 0) is 114 Å². The Kier molecular flexibility index (Phi) is 19.3. The molecule has 12 nitrogen and oxygen atoms in total. The molecule has 2 saturated heterocycles. The molecule has 1 N–H and O–H groups in total. The van der Waals surface area contributed by atoms with Gasteiger partial charge in [0.25, 0.3) is 11.7 Å². The van der Waals surface area contributed by atoms with Gasteiger partial charge in [-0.25, -0.2) is 4.79 Å². The highest BCUT2D eigenvalue weighted by Gasteiger charge is 2.57. The lowest BCUT2D eigenvalue weighted by atomic mass is 9.82. The first-order chi connectivity index (χ1) is 29.4. The van der Waals surface area contributed by atoms with Crippen LogP contribution in [0.2, 0.25) is 18.1 Å². The minimum atomic E-state index is -2.51. The van der Waals surface area contributed by atoms with Crippen LogP contribution in [0.4, 0.5) is 0 Å². The van der Waals surface area contributed by atoms with E-state index in [1.54, 1.807) is 28.3 Å². The van der Waals surface area contributed by atoms with E-state index in [1.807, 2.05) is 27.7 Å². The number of allylic oxidation sites excluding steroid dienone is 3. The van der Waals surface area contributed by atoms with Gasteiger partial charge in [-0.3, -0.25) is 14.4 Å². The van der Waals surface area contributed by atoms with Gasteiger partial charge in [-0.15, -0.1) is 11.6 Å². The number of alkyl halides is 1. The van der Waals surface area contributed by atoms with Gasteiger partial charge in [-0.2, -0.15) is 0 Å². The van der Waals surface area contributed by atoms with E-state index in [9.17, 15) is 24.3 Å². The number of rotatable bonds is 8. The second kappa shape index (κ2) is 22.7. The van der Waals surface area contributed by atoms with Gasteiger partial charge in [0, 0.05) is 52.0 Å². The Morgan fingerprint density at radius 1 is 0.937 bits per heavy atom. The molecule has 360 valence electrons. The summed E-state index contributed by atoms with van der Waals surface area (Å²) in [7, 11) is 2.28. The summed E-state index contributed by atoms with van der Waals surface area (Å²) in [5.74, 6) is -6.69. The lowest BCUT2D eigenvalue weighted by Gasteiger charge is -2.47. The van der Waals surface area contributed by atoms with Crippen molar-refractivity contribution in [2.75, 3.05) is 27.9 Å². The highest BCUT2D eigenvalue weighted by Crippen LogP contribution is 2.42. The van der Waals surface area contributed by atoms with Crippen molar-refractivity contribution in [3.8, 4) is 0 Å². The van der Waals surface area contributed by atoms with E-state index in [2.05, 4.69) is 52.9 Å². The molecular weight excluding hydrogens is 842 g/mol. The first-order valence-corrected chi connectivity index (χ1v) is 27.0. The zero-order chi connectivity index (χ0) is 47.2. The Bertz CT molecular complexity index is 1650. The zero-order valence-electron chi connectivity index (χ0n) is 41.0.